The van der Waals surface area contributed by atoms with Gasteiger partial charge in [-0.15, -0.1) is 0 Å². The summed E-state index contributed by atoms with van der Waals surface area (Å²) in [5.74, 6) is 2.13. The molecule has 0 radical (unpaired) electrons. The maximum atomic E-state index is 5.84. The summed E-state index contributed by atoms with van der Waals surface area (Å²) >= 11 is 0. The van der Waals surface area contributed by atoms with Gasteiger partial charge < -0.3 is 18.9 Å². The van der Waals surface area contributed by atoms with Gasteiger partial charge in [-0.3, -0.25) is 9.80 Å². The molecule has 0 N–H and O–H groups in total. The Bertz CT molecular complexity index is 278. The molecule has 0 aliphatic rings. The van der Waals surface area contributed by atoms with Crippen LogP contribution >= 0.6 is 0 Å². The second kappa shape index (κ2) is 17.6. The van der Waals surface area contributed by atoms with Gasteiger partial charge in [-0.2, -0.15) is 0 Å². The number of hydrogen-bond donors (Lipinski definition) is 0. The van der Waals surface area contributed by atoms with Gasteiger partial charge in [0.25, 0.3) is 0 Å². The molecule has 0 aliphatic carbocycles. The topological polar surface area (TPSA) is 43.4 Å². The highest BCUT2D eigenvalue weighted by Gasteiger charge is 2.12. The minimum atomic E-state index is 0.531. The summed E-state index contributed by atoms with van der Waals surface area (Å²) in [5, 5.41) is 0. The van der Waals surface area contributed by atoms with Crippen LogP contribution in [-0.4, -0.2) is 76.2 Å². The molecule has 170 valence electrons. The Morgan fingerprint density at radius 1 is 0.429 bits per heavy atom. The minimum absolute atomic E-state index is 0.531. The molecule has 0 aromatic rings. The molecule has 0 saturated carbocycles. The van der Waals surface area contributed by atoms with E-state index in [9.17, 15) is 0 Å². The van der Waals surface area contributed by atoms with Gasteiger partial charge in [0.1, 0.15) is 26.9 Å². The molecule has 6 heteroatoms. The van der Waals surface area contributed by atoms with Crippen LogP contribution in [0.2, 0.25) is 0 Å². The molecule has 0 aliphatic heterocycles. The van der Waals surface area contributed by atoms with Gasteiger partial charge in [0.2, 0.25) is 0 Å². The summed E-state index contributed by atoms with van der Waals surface area (Å²) < 4.78 is 23.3. The van der Waals surface area contributed by atoms with Gasteiger partial charge >= 0.3 is 0 Å². The molecule has 0 heterocycles. The van der Waals surface area contributed by atoms with Crippen molar-refractivity contribution in [2.75, 3.05) is 66.4 Å². The van der Waals surface area contributed by atoms with Gasteiger partial charge in [0, 0.05) is 13.1 Å². The number of ether oxygens (including phenoxy) is 4. The lowest BCUT2D eigenvalue weighted by atomic mass is 10.2. The predicted molar refractivity (Wildman–Crippen MR) is 116 cm³/mol. The normalized spacial score (nSPS) is 12.6. The second-order valence-corrected chi connectivity index (χ2v) is 9.36. The van der Waals surface area contributed by atoms with E-state index in [0.29, 0.717) is 50.6 Å². The van der Waals surface area contributed by atoms with Crippen molar-refractivity contribution < 1.29 is 18.9 Å². The third-order valence-corrected chi connectivity index (χ3v) is 3.63. The van der Waals surface area contributed by atoms with E-state index in [1.807, 2.05) is 0 Å². The molecule has 0 spiro atoms. The van der Waals surface area contributed by atoms with Crippen LogP contribution in [0, 0.1) is 23.7 Å². The van der Waals surface area contributed by atoms with Crippen molar-refractivity contribution >= 4 is 0 Å². The monoisotopic (exact) mass is 404 g/mol. The summed E-state index contributed by atoms with van der Waals surface area (Å²) in [6, 6.07) is 0. The lowest BCUT2D eigenvalue weighted by molar-refractivity contribution is -0.0807. The first-order valence-corrected chi connectivity index (χ1v) is 11.0. The molecule has 0 aromatic heterocycles. The Balaban J connectivity index is 4.50. The van der Waals surface area contributed by atoms with Crippen molar-refractivity contribution in [2.24, 2.45) is 23.7 Å². The third kappa shape index (κ3) is 19.1. The van der Waals surface area contributed by atoms with Crippen LogP contribution in [0.3, 0.4) is 0 Å². The average molecular weight is 405 g/mol. The summed E-state index contributed by atoms with van der Waals surface area (Å²) in [6.07, 6.45) is 0. The Kier molecular flexibility index (Phi) is 17.5. The third-order valence-electron chi connectivity index (χ3n) is 3.63. The van der Waals surface area contributed by atoms with Gasteiger partial charge in [0.15, 0.2) is 0 Å². The Morgan fingerprint density at radius 2 is 0.643 bits per heavy atom. The van der Waals surface area contributed by atoms with Crippen LogP contribution in [0.15, 0.2) is 0 Å². The summed E-state index contributed by atoms with van der Waals surface area (Å²) in [7, 11) is 0. The van der Waals surface area contributed by atoms with E-state index >= 15 is 0 Å². The molecular formula is C22H48N2O4. The van der Waals surface area contributed by atoms with E-state index in [-0.39, 0.29) is 0 Å². The van der Waals surface area contributed by atoms with Crippen molar-refractivity contribution in [3.8, 4) is 0 Å². The van der Waals surface area contributed by atoms with Crippen LogP contribution < -0.4 is 0 Å². The minimum Gasteiger partial charge on any atom is -0.366 e. The molecular weight excluding hydrogens is 356 g/mol. The van der Waals surface area contributed by atoms with Crippen molar-refractivity contribution in [3.05, 3.63) is 0 Å². The second-order valence-electron chi connectivity index (χ2n) is 9.36. The van der Waals surface area contributed by atoms with E-state index in [1.54, 1.807) is 0 Å². The lowest BCUT2D eigenvalue weighted by Crippen LogP contribution is -2.40. The number of rotatable bonds is 19. The van der Waals surface area contributed by atoms with Crippen LogP contribution in [0.4, 0.5) is 0 Å². The average Bonchev–Trinajstić information content (AvgIpc) is 2.57. The molecule has 0 bridgehead atoms. The van der Waals surface area contributed by atoms with E-state index in [1.165, 1.54) is 0 Å². The van der Waals surface area contributed by atoms with Crippen molar-refractivity contribution in [1.29, 1.82) is 0 Å². The molecule has 0 saturated heterocycles. The fourth-order valence-electron chi connectivity index (χ4n) is 2.29. The van der Waals surface area contributed by atoms with Crippen molar-refractivity contribution in [2.45, 2.75) is 55.4 Å². The standard InChI is InChI=1S/C22H48N2O4/c1-19(2)11-25-15-23(16-26-12-20(3)4)9-10-24(17-27-13-21(5)6)18-28-14-22(7)8/h19-22H,9-18H2,1-8H3. The van der Waals surface area contributed by atoms with E-state index in [4.69, 9.17) is 18.9 Å². The molecule has 0 rings (SSSR count). The molecule has 0 fully saturated rings. The van der Waals surface area contributed by atoms with E-state index in [2.05, 4.69) is 65.2 Å². The zero-order valence-electron chi connectivity index (χ0n) is 19.9. The Morgan fingerprint density at radius 3 is 0.821 bits per heavy atom. The molecule has 0 unspecified atom stereocenters. The van der Waals surface area contributed by atoms with E-state index < -0.39 is 0 Å². The van der Waals surface area contributed by atoms with Crippen LogP contribution in [0.25, 0.3) is 0 Å². The maximum absolute atomic E-state index is 5.84. The highest BCUT2D eigenvalue weighted by Crippen LogP contribution is 2.02. The SMILES string of the molecule is CC(C)COCN(CCN(COCC(C)C)COCC(C)C)COCC(C)C. The predicted octanol–water partition coefficient (Wildman–Crippen LogP) is 4.11. The lowest BCUT2D eigenvalue weighted by Gasteiger charge is -2.28. The summed E-state index contributed by atoms with van der Waals surface area (Å²) in [6.45, 7) is 24.4. The fourth-order valence-corrected chi connectivity index (χ4v) is 2.29. The van der Waals surface area contributed by atoms with E-state index in [0.717, 1.165) is 39.5 Å². The molecule has 6 nitrogen and oxygen atoms in total. The smallest absolute Gasteiger partial charge is 0.101 e. The molecule has 0 amide bonds. The highest BCUT2D eigenvalue weighted by molar-refractivity contribution is 4.56. The van der Waals surface area contributed by atoms with Gasteiger partial charge in [-0.05, 0) is 23.7 Å². The van der Waals surface area contributed by atoms with Crippen LogP contribution in [-0.2, 0) is 18.9 Å². The van der Waals surface area contributed by atoms with Gasteiger partial charge in [-0.1, -0.05) is 55.4 Å². The number of nitrogens with zero attached hydrogens (tertiary/aromatic N) is 2. The summed E-state index contributed by atoms with van der Waals surface area (Å²) in [4.78, 5) is 4.42. The molecule has 0 atom stereocenters. The quantitative estimate of drug-likeness (QED) is 0.302. The molecule has 0 aromatic carbocycles. The number of hydrogen-bond acceptors (Lipinski definition) is 6. The molecule has 28 heavy (non-hydrogen) atoms. The largest absolute Gasteiger partial charge is 0.366 e. The van der Waals surface area contributed by atoms with Crippen molar-refractivity contribution in [1.82, 2.24) is 9.80 Å². The Labute approximate surface area is 174 Å². The maximum Gasteiger partial charge on any atom is 0.101 e. The van der Waals surface area contributed by atoms with Gasteiger partial charge in [0.05, 0.1) is 26.4 Å². The fraction of sp³-hybridized carbons (Fsp3) is 1.00. The van der Waals surface area contributed by atoms with Gasteiger partial charge in [-0.25, -0.2) is 0 Å². The van der Waals surface area contributed by atoms with Crippen LogP contribution in [0.1, 0.15) is 55.4 Å². The van der Waals surface area contributed by atoms with Crippen LogP contribution in [0.5, 0.6) is 0 Å². The first-order chi connectivity index (χ1) is 13.2. The highest BCUT2D eigenvalue weighted by atomic mass is 16.5. The van der Waals surface area contributed by atoms with Crippen molar-refractivity contribution in [3.63, 3.8) is 0 Å². The first kappa shape index (κ1) is 27.8. The Hall–Kier alpha value is -0.240. The first-order valence-electron chi connectivity index (χ1n) is 11.0. The zero-order chi connectivity index (χ0) is 21.4. The summed E-state index contributed by atoms with van der Waals surface area (Å²) in [5.41, 5.74) is 0. The zero-order valence-corrected chi connectivity index (χ0v) is 19.9.